The van der Waals surface area contributed by atoms with Gasteiger partial charge < -0.3 is 10.1 Å². The second kappa shape index (κ2) is 9.82. The maximum atomic E-state index is 5.71. The molecule has 0 saturated heterocycles. The zero-order valence-electron chi connectivity index (χ0n) is 13.6. The van der Waals surface area contributed by atoms with E-state index in [1.807, 2.05) is 0 Å². The minimum Gasteiger partial charge on any atom is -0.493 e. The van der Waals surface area contributed by atoms with Crippen molar-refractivity contribution in [2.24, 2.45) is 5.92 Å². The Balaban J connectivity index is 2.31. The van der Waals surface area contributed by atoms with Crippen LogP contribution in [0.25, 0.3) is 0 Å². The average Bonchev–Trinajstić information content (AvgIpc) is 2.45. The molecular formula is C18H31NO. The average molecular weight is 277 g/mol. The van der Waals surface area contributed by atoms with Gasteiger partial charge in [0.1, 0.15) is 5.75 Å². The van der Waals surface area contributed by atoms with Gasteiger partial charge >= 0.3 is 0 Å². The Bertz CT molecular complexity index is 345. The molecule has 0 aromatic heterocycles. The maximum Gasteiger partial charge on any atom is 0.119 e. The summed E-state index contributed by atoms with van der Waals surface area (Å²) in [4.78, 5) is 0. The molecule has 0 aliphatic rings. The topological polar surface area (TPSA) is 21.3 Å². The van der Waals surface area contributed by atoms with Gasteiger partial charge in [-0.25, -0.2) is 0 Å². The molecule has 0 aliphatic carbocycles. The second-order valence-electron chi connectivity index (χ2n) is 6.01. The van der Waals surface area contributed by atoms with Gasteiger partial charge in [-0.2, -0.15) is 0 Å². The molecule has 0 fully saturated rings. The summed E-state index contributed by atoms with van der Waals surface area (Å²) in [5.41, 5.74) is 1.33. The van der Waals surface area contributed by atoms with Gasteiger partial charge in [-0.15, -0.1) is 0 Å². The highest BCUT2D eigenvalue weighted by atomic mass is 16.5. The van der Waals surface area contributed by atoms with Crippen LogP contribution in [-0.2, 0) is 0 Å². The molecule has 1 N–H and O–H groups in total. The Morgan fingerprint density at radius 1 is 1.00 bits per heavy atom. The Hall–Kier alpha value is -1.02. The smallest absolute Gasteiger partial charge is 0.119 e. The van der Waals surface area contributed by atoms with Crippen molar-refractivity contribution in [2.45, 2.75) is 59.4 Å². The van der Waals surface area contributed by atoms with Crippen LogP contribution in [0.15, 0.2) is 24.3 Å². The molecule has 20 heavy (non-hydrogen) atoms. The van der Waals surface area contributed by atoms with Crippen LogP contribution in [0.5, 0.6) is 5.75 Å². The summed E-state index contributed by atoms with van der Waals surface area (Å²) in [5.74, 6) is 1.54. The van der Waals surface area contributed by atoms with Gasteiger partial charge in [0.05, 0.1) is 6.61 Å². The van der Waals surface area contributed by atoms with Crippen LogP contribution in [0.4, 0.5) is 0 Å². The third-order valence-electron chi connectivity index (χ3n) is 3.44. The van der Waals surface area contributed by atoms with E-state index in [1.165, 1.54) is 31.2 Å². The van der Waals surface area contributed by atoms with E-state index in [-0.39, 0.29) is 0 Å². The van der Waals surface area contributed by atoms with E-state index in [0.717, 1.165) is 18.9 Å². The molecule has 114 valence electrons. The van der Waals surface area contributed by atoms with Crippen LogP contribution in [0, 0.1) is 5.92 Å². The highest BCUT2D eigenvalue weighted by Crippen LogP contribution is 2.18. The van der Waals surface area contributed by atoms with Crippen LogP contribution in [0.1, 0.15) is 65.0 Å². The lowest BCUT2D eigenvalue weighted by Gasteiger charge is -2.15. The van der Waals surface area contributed by atoms with Gasteiger partial charge in [0.25, 0.3) is 0 Å². The molecule has 1 aromatic rings. The van der Waals surface area contributed by atoms with Crippen molar-refractivity contribution in [3.63, 3.8) is 0 Å². The standard InChI is InChI=1S/C18H31NO/c1-5-6-7-8-13-19-16(4)17-9-11-18(12-10-17)20-14-15(2)3/h9-12,15-16,19H,5-8,13-14H2,1-4H3. The van der Waals surface area contributed by atoms with Crippen molar-refractivity contribution in [1.29, 1.82) is 0 Å². The maximum absolute atomic E-state index is 5.71. The highest BCUT2D eigenvalue weighted by Gasteiger charge is 2.04. The summed E-state index contributed by atoms with van der Waals surface area (Å²) >= 11 is 0. The molecule has 0 spiro atoms. The lowest BCUT2D eigenvalue weighted by atomic mass is 10.1. The Morgan fingerprint density at radius 3 is 2.30 bits per heavy atom. The summed E-state index contributed by atoms with van der Waals surface area (Å²) in [6.07, 6.45) is 5.25. The molecule has 2 heteroatoms. The number of rotatable bonds is 10. The fourth-order valence-electron chi connectivity index (χ4n) is 2.10. The van der Waals surface area contributed by atoms with Crippen LogP contribution < -0.4 is 10.1 Å². The van der Waals surface area contributed by atoms with Crippen LogP contribution in [-0.4, -0.2) is 13.2 Å². The highest BCUT2D eigenvalue weighted by molar-refractivity contribution is 5.28. The predicted molar refractivity (Wildman–Crippen MR) is 87.3 cm³/mol. The molecule has 0 radical (unpaired) electrons. The Morgan fingerprint density at radius 2 is 1.70 bits per heavy atom. The van der Waals surface area contributed by atoms with Crippen molar-refractivity contribution < 1.29 is 4.74 Å². The molecule has 1 aromatic carbocycles. The number of benzene rings is 1. The van der Waals surface area contributed by atoms with Crippen molar-refractivity contribution >= 4 is 0 Å². The number of unbranched alkanes of at least 4 members (excludes halogenated alkanes) is 3. The third kappa shape index (κ3) is 6.95. The largest absolute Gasteiger partial charge is 0.493 e. The Labute approximate surface area is 124 Å². The van der Waals surface area contributed by atoms with E-state index in [4.69, 9.17) is 4.74 Å². The van der Waals surface area contributed by atoms with Crippen LogP contribution in [0.2, 0.25) is 0 Å². The van der Waals surface area contributed by atoms with E-state index < -0.39 is 0 Å². The summed E-state index contributed by atoms with van der Waals surface area (Å²) < 4.78 is 5.71. The molecular weight excluding hydrogens is 246 g/mol. The number of hydrogen-bond acceptors (Lipinski definition) is 2. The summed E-state index contributed by atoms with van der Waals surface area (Å²) in [5, 5.41) is 3.59. The summed E-state index contributed by atoms with van der Waals surface area (Å²) in [7, 11) is 0. The first kappa shape index (κ1) is 17.0. The second-order valence-corrected chi connectivity index (χ2v) is 6.01. The zero-order valence-corrected chi connectivity index (χ0v) is 13.6. The zero-order chi connectivity index (χ0) is 14.8. The van der Waals surface area contributed by atoms with Crippen molar-refractivity contribution in [2.75, 3.05) is 13.2 Å². The van der Waals surface area contributed by atoms with E-state index in [0.29, 0.717) is 12.0 Å². The molecule has 0 heterocycles. The minimum atomic E-state index is 0.413. The fourth-order valence-corrected chi connectivity index (χ4v) is 2.10. The first-order valence-electron chi connectivity index (χ1n) is 8.09. The van der Waals surface area contributed by atoms with Crippen molar-refractivity contribution in [3.05, 3.63) is 29.8 Å². The minimum absolute atomic E-state index is 0.413. The molecule has 1 unspecified atom stereocenters. The molecule has 1 atom stereocenters. The van der Waals surface area contributed by atoms with Crippen LogP contribution >= 0.6 is 0 Å². The fraction of sp³-hybridized carbons (Fsp3) is 0.667. The normalized spacial score (nSPS) is 12.7. The van der Waals surface area contributed by atoms with E-state index in [2.05, 4.69) is 57.3 Å². The Kier molecular flexibility index (Phi) is 8.36. The molecule has 1 rings (SSSR count). The monoisotopic (exact) mass is 277 g/mol. The lowest BCUT2D eigenvalue weighted by molar-refractivity contribution is 0.271. The first-order chi connectivity index (χ1) is 9.63. The quantitative estimate of drug-likeness (QED) is 0.611. The SMILES string of the molecule is CCCCCCNC(C)c1ccc(OCC(C)C)cc1. The first-order valence-corrected chi connectivity index (χ1v) is 8.09. The summed E-state index contributed by atoms with van der Waals surface area (Å²) in [6, 6.07) is 8.90. The number of hydrogen-bond donors (Lipinski definition) is 1. The van der Waals surface area contributed by atoms with Crippen molar-refractivity contribution in [1.82, 2.24) is 5.32 Å². The van der Waals surface area contributed by atoms with Crippen molar-refractivity contribution in [3.8, 4) is 5.75 Å². The van der Waals surface area contributed by atoms with Gasteiger partial charge in [-0.1, -0.05) is 52.2 Å². The molecule has 0 bridgehead atoms. The lowest BCUT2D eigenvalue weighted by Crippen LogP contribution is -2.19. The molecule has 2 nitrogen and oxygen atoms in total. The number of ether oxygens (including phenoxy) is 1. The molecule has 0 saturated carbocycles. The number of nitrogens with one attached hydrogen (secondary N) is 1. The van der Waals surface area contributed by atoms with Gasteiger partial charge in [-0.3, -0.25) is 0 Å². The molecule has 0 amide bonds. The van der Waals surface area contributed by atoms with E-state index in [9.17, 15) is 0 Å². The van der Waals surface area contributed by atoms with Gasteiger partial charge in [0.2, 0.25) is 0 Å². The summed E-state index contributed by atoms with van der Waals surface area (Å²) in [6.45, 7) is 10.7. The van der Waals surface area contributed by atoms with Gasteiger partial charge in [-0.05, 0) is 43.5 Å². The van der Waals surface area contributed by atoms with E-state index in [1.54, 1.807) is 0 Å². The molecule has 0 aliphatic heterocycles. The van der Waals surface area contributed by atoms with Gasteiger partial charge in [0, 0.05) is 6.04 Å². The van der Waals surface area contributed by atoms with Gasteiger partial charge in [0.15, 0.2) is 0 Å². The third-order valence-corrected chi connectivity index (χ3v) is 3.44. The van der Waals surface area contributed by atoms with E-state index >= 15 is 0 Å². The van der Waals surface area contributed by atoms with Crippen LogP contribution in [0.3, 0.4) is 0 Å². The predicted octanol–water partition coefficient (Wildman–Crippen LogP) is 4.95.